The van der Waals surface area contributed by atoms with Crippen LogP contribution in [0.5, 0.6) is 0 Å². The fraction of sp³-hybridized carbons (Fsp3) is 0.778. The Hall–Kier alpha value is -0.693. The van der Waals surface area contributed by atoms with Crippen molar-refractivity contribution >= 4 is 43.3 Å². The number of aliphatic imine (C=N–C) groups is 1. The molecule has 10 heteroatoms. The number of nitrogens with one attached hydrogen (secondary N) is 1. The third-order valence-electron chi connectivity index (χ3n) is 5.39. The van der Waals surface area contributed by atoms with E-state index in [-0.39, 0.29) is 11.1 Å². The molecule has 1 fully saturated rings. The van der Waals surface area contributed by atoms with E-state index in [0.717, 1.165) is 3.58 Å². The Morgan fingerprint density at radius 1 is 1.50 bits per heavy atom. The Morgan fingerprint density at radius 3 is 2.71 bits per heavy atom. The van der Waals surface area contributed by atoms with Crippen LogP contribution in [0.1, 0.15) is 27.2 Å². The minimum atomic E-state index is -1.93. The maximum Gasteiger partial charge on any atom is 0.325 e. The van der Waals surface area contributed by atoms with Gasteiger partial charge in [-0.1, -0.05) is 20.8 Å². The van der Waals surface area contributed by atoms with Crippen LogP contribution >= 0.6 is 22.6 Å². The van der Waals surface area contributed by atoms with Crippen LogP contribution in [0.15, 0.2) is 14.8 Å². The second-order valence-electron chi connectivity index (χ2n) is 9.00. The lowest BCUT2D eigenvalue weighted by atomic mass is 10.2. The number of aliphatic hydroxyl groups excluding tert-OH is 1. The summed E-state index contributed by atoms with van der Waals surface area (Å²) in [5.74, 6) is 0. The summed E-state index contributed by atoms with van der Waals surface area (Å²) in [5, 5.41) is 13.4. The molecule has 2 heterocycles. The molecule has 0 aromatic carbocycles. The summed E-state index contributed by atoms with van der Waals surface area (Å²) in [4.78, 5) is 20.2. The molecule has 2 aliphatic heterocycles. The van der Waals surface area contributed by atoms with Gasteiger partial charge in [0.25, 0.3) is 0 Å². The fourth-order valence-electron chi connectivity index (χ4n) is 2.59. The number of carbonyl (C=O) groups excluding carboxylic acids is 1. The van der Waals surface area contributed by atoms with Gasteiger partial charge in [-0.2, -0.15) is 0 Å². The highest BCUT2D eigenvalue weighted by Crippen LogP contribution is 2.37. The van der Waals surface area contributed by atoms with Gasteiger partial charge in [0.2, 0.25) is 0 Å². The van der Waals surface area contributed by atoms with Crippen molar-refractivity contribution in [3.8, 4) is 0 Å². The van der Waals surface area contributed by atoms with E-state index in [2.05, 4.69) is 66.8 Å². The number of halogens is 1. The summed E-state index contributed by atoms with van der Waals surface area (Å²) in [6, 6.07) is -0.288. The second-order valence-corrected chi connectivity index (χ2v) is 15.1. The van der Waals surface area contributed by atoms with Gasteiger partial charge < -0.3 is 24.5 Å². The third kappa shape index (κ3) is 5.68. The molecule has 2 unspecified atom stereocenters. The van der Waals surface area contributed by atoms with Crippen molar-refractivity contribution in [3.63, 3.8) is 0 Å². The normalized spacial score (nSPS) is 29.2. The first-order valence-corrected chi connectivity index (χ1v) is 13.4. The molecule has 28 heavy (non-hydrogen) atoms. The summed E-state index contributed by atoms with van der Waals surface area (Å²) in [7, 11) is 1.81. The Labute approximate surface area is 182 Å². The van der Waals surface area contributed by atoms with E-state index in [1.165, 1.54) is 4.90 Å². The molecular formula is C18H33IN4O4Si. The first-order valence-electron chi connectivity index (χ1n) is 9.45. The highest BCUT2D eigenvalue weighted by Gasteiger charge is 2.43. The zero-order chi connectivity index (χ0) is 21.3. The topological polar surface area (TPSA) is 86.6 Å². The molecule has 0 bridgehead atoms. The lowest BCUT2D eigenvalue weighted by molar-refractivity contribution is -0.0518. The summed E-state index contributed by atoms with van der Waals surface area (Å²) >= 11 is 2.16. The highest BCUT2D eigenvalue weighted by atomic mass is 127. The van der Waals surface area contributed by atoms with E-state index < -0.39 is 32.9 Å². The molecule has 0 saturated carbocycles. The van der Waals surface area contributed by atoms with Gasteiger partial charge in [-0.15, -0.1) is 0 Å². The number of urea groups is 1. The number of rotatable bonds is 6. The van der Waals surface area contributed by atoms with Gasteiger partial charge in [-0.25, -0.2) is 9.79 Å². The van der Waals surface area contributed by atoms with E-state index in [9.17, 15) is 9.90 Å². The number of hydrogen-bond acceptors (Lipinski definition) is 5. The Morgan fingerprint density at radius 2 is 2.14 bits per heavy atom. The van der Waals surface area contributed by atoms with Crippen molar-refractivity contribution in [1.82, 2.24) is 15.1 Å². The molecular weight excluding hydrogens is 491 g/mol. The SMILES string of the molecule is CN(C)/C=N/C1NC(=O)N([C@H]2CC(O)[C@@H](CO[Si](C)(C)C(C)(C)C)O2)C=C1I. The smallest absolute Gasteiger partial charge is 0.325 e. The van der Waals surface area contributed by atoms with Crippen LogP contribution in [-0.2, 0) is 9.16 Å². The zero-order valence-corrected chi connectivity index (χ0v) is 20.9. The number of ether oxygens (including phenoxy) is 1. The molecule has 0 aromatic rings. The molecule has 2 rings (SSSR count). The van der Waals surface area contributed by atoms with Gasteiger partial charge in [0.1, 0.15) is 12.3 Å². The Balaban J connectivity index is 2.01. The van der Waals surface area contributed by atoms with Gasteiger partial charge in [-0.3, -0.25) is 4.90 Å². The molecule has 1 saturated heterocycles. The highest BCUT2D eigenvalue weighted by molar-refractivity contribution is 14.1. The Kier molecular flexibility index (Phi) is 7.57. The zero-order valence-electron chi connectivity index (χ0n) is 17.8. The third-order valence-corrected chi connectivity index (χ3v) is 10.8. The number of amides is 2. The molecule has 0 radical (unpaired) electrons. The molecule has 0 spiro atoms. The van der Waals surface area contributed by atoms with Crippen LogP contribution in [0.25, 0.3) is 0 Å². The number of carbonyl (C=O) groups is 1. The van der Waals surface area contributed by atoms with Crippen molar-refractivity contribution in [2.45, 2.75) is 69.9 Å². The summed E-state index contributed by atoms with van der Waals surface area (Å²) < 4.78 is 13.1. The van der Waals surface area contributed by atoms with Gasteiger partial charge in [0.05, 0.1) is 22.6 Å². The Bertz CT molecular complexity index is 636. The molecule has 2 amide bonds. The predicted octanol–water partition coefficient (Wildman–Crippen LogP) is 2.70. The first kappa shape index (κ1) is 23.6. The van der Waals surface area contributed by atoms with Gasteiger partial charge in [0, 0.05) is 26.7 Å². The van der Waals surface area contributed by atoms with Crippen LogP contribution in [0.2, 0.25) is 18.1 Å². The maximum absolute atomic E-state index is 12.5. The van der Waals surface area contributed by atoms with Crippen molar-refractivity contribution in [2.75, 3.05) is 20.7 Å². The van der Waals surface area contributed by atoms with Gasteiger partial charge in [0.15, 0.2) is 14.5 Å². The number of nitrogens with zero attached hydrogens (tertiary/aromatic N) is 3. The van der Waals surface area contributed by atoms with Crippen molar-refractivity contribution in [2.24, 2.45) is 4.99 Å². The van der Waals surface area contributed by atoms with Gasteiger partial charge >= 0.3 is 6.03 Å². The van der Waals surface area contributed by atoms with Crippen LogP contribution in [-0.4, -0.2) is 80.9 Å². The predicted molar refractivity (Wildman–Crippen MR) is 121 cm³/mol. The van der Waals surface area contributed by atoms with Crippen LogP contribution < -0.4 is 5.32 Å². The van der Waals surface area contributed by atoms with Crippen LogP contribution in [0.4, 0.5) is 4.79 Å². The second kappa shape index (κ2) is 8.98. The molecule has 4 atom stereocenters. The van der Waals surface area contributed by atoms with E-state index in [1.54, 1.807) is 12.5 Å². The van der Waals surface area contributed by atoms with Crippen LogP contribution in [0, 0.1) is 0 Å². The van der Waals surface area contributed by atoms with Crippen molar-refractivity contribution < 1.29 is 19.1 Å². The van der Waals surface area contributed by atoms with E-state index in [0.29, 0.717) is 13.0 Å². The van der Waals surface area contributed by atoms with E-state index in [4.69, 9.17) is 9.16 Å². The molecule has 2 N–H and O–H groups in total. The molecule has 0 aromatic heterocycles. The summed E-state index contributed by atoms with van der Waals surface area (Å²) in [6.45, 7) is 11.2. The van der Waals surface area contributed by atoms with Crippen molar-refractivity contribution in [1.29, 1.82) is 0 Å². The first-order chi connectivity index (χ1) is 12.8. The summed E-state index contributed by atoms with van der Waals surface area (Å²) in [5.41, 5.74) is 0. The lowest BCUT2D eigenvalue weighted by Gasteiger charge is -2.37. The molecule has 8 nitrogen and oxygen atoms in total. The minimum absolute atomic E-state index is 0.0870. The monoisotopic (exact) mass is 524 g/mol. The molecule has 0 aliphatic carbocycles. The number of hydrogen-bond donors (Lipinski definition) is 2. The minimum Gasteiger partial charge on any atom is -0.414 e. The van der Waals surface area contributed by atoms with E-state index >= 15 is 0 Å². The van der Waals surface area contributed by atoms with Gasteiger partial charge in [-0.05, 0) is 40.7 Å². The summed E-state index contributed by atoms with van der Waals surface area (Å²) in [6.07, 6.45) is 1.72. The average molecular weight is 524 g/mol. The maximum atomic E-state index is 12.5. The molecule has 2 aliphatic rings. The average Bonchev–Trinajstić information content (AvgIpc) is 2.93. The van der Waals surface area contributed by atoms with Crippen molar-refractivity contribution in [3.05, 3.63) is 9.78 Å². The number of aliphatic hydroxyl groups is 1. The van der Waals surface area contributed by atoms with Crippen LogP contribution in [0.3, 0.4) is 0 Å². The van der Waals surface area contributed by atoms with E-state index in [1.807, 2.05) is 19.0 Å². The largest absolute Gasteiger partial charge is 0.414 e. The lowest BCUT2D eigenvalue weighted by Crippen LogP contribution is -2.50. The quantitative estimate of drug-likeness (QED) is 0.242. The standard InChI is InChI=1S/C18H33IN4O4Si/c1-18(2,3)28(6,7)26-10-14-13(24)8-15(27-14)23-9-12(19)16(21-17(23)25)20-11-22(4)5/h9,11,13-16,24H,8,10H2,1-7H3,(H,21,25)/b20-11+/t13?,14-,15-,16?/m1/s1. The molecule has 160 valence electrons. The fourth-order valence-corrected chi connectivity index (χ4v) is 4.22.